The Hall–Kier alpha value is -1.24. The third-order valence-corrected chi connectivity index (χ3v) is 3.83. The van der Waals surface area contributed by atoms with Gasteiger partial charge in [-0.15, -0.1) is 11.8 Å². The van der Waals surface area contributed by atoms with E-state index in [0.29, 0.717) is 26.2 Å². The van der Waals surface area contributed by atoms with Gasteiger partial charge in [0.05, 0.1) is 20.3 Å². The predicted molar refractivity (Wildman–Crippen MR) is 86.0 cm³/mol. The average Bonchev–Trinajstić information content (AvgIpc) is 2.51. The maximum atomic E-state index is 12.0. The fourth-order valence-electron chi connectivity index (χ4n) is 1.85. The molecule has 0 atom stereocenters. The van der Waals surface area contributed by atoms with Crippen LogP contribution < -0.4 is 10.1 Å². The summed E-state index contributed by atoms with van der Waals surface area (Å²) >= 11 is 1.64. The number of carbonyl (C=O) groups is 1. The highest BCUT2D eigenvalue weighted by Crippen LogP contribution is 2.28. The van der Waals surface area contributed by atoms with Crippen molar-refractivity contribution in [2.24, 2.45) is 0 Å². The van der Waals surface area contributed by atoms with E-state index in [0.717, 1.165) is 16.2 Å². The van der Waals surface area contributed by atoms with Gasteiger partial charge in [-0.1, -0.05) is 6.07 Å². The molecule has 5 nitrogen and oxygen atoms in total. The summed E-state index contributed by atoms with van der Waals surface area (Å²) < 4.78 is 10.3. The highest BCUT2D eigenvalue weighted by molar-refractivity contribution is 7.98. The highest BCUT2D eigenvalue weighted by atomic mass is 32.2. The summed E-state index contributed by atoms with van der Waals surface area (Å²) in [5, 5.41) is 3.05. The molecule has 0 aromatic heterocycles. The van der Waals surface area contributed by atoms with Gasteiger partial charge >= 0.3 is 0 Å². The minimum Gasteiger partial charge on any atom is -0.496 e. The minimum absolute atomic E-state index is 0.0546. The lowest BCUT2D eigenvalue weighted by Gasteiger charge is -2.18. The van der Waals surface area contributed by atoms with Crippen LogP contribution in [0.1, 0.15) is 5.56 Å². The summed E-state index contributed by atoms with van der Waals surface area (Å²) in [6, 6.07) is 6.03. The maximum absolute atomic E-state index is 12.0. The van der Waals surface area contributed by atoms with Crippen molar-refractivity contribution < 1.29 is 14.3 Å². The Morgan fingerprint density at radius 2 is 2.14 bits per heavy atom. The van der Waals surface area contributed by atoms with Gasteiger partial charge < -0.3 is 19.7 Å². The largest absolute Gasteiger partial charge is 0.496 e. The number of thioether (sulfide) groups is 1. The van der Waals surface area contributed by atoms with E-state index < -0.39 is 0 Å². The Bertz CT molecular complexity index is 455. The van der Waals surface area contributed by atoms with Crippen LogP contribution in [0.25, 0.3) is 0 Å². The second-order valence-corrected chi connectivity index (χ2v) is 5.46. The molecule has 1 amide bonds. The molecular weight excluding hydrogens is 288 g/mol. The van der Waals surface area contributed by atoms with Crippen molar-refractivity contribution in [3.05, 3.63) is 23.8 Å². The molecule has 118 valence electrons. The zero-order valence-corrected chi connectivity index (χ0v) is 14.0. The fraction of sp³-hybridized carbons (Fsp3) is 0.533. The normalized spacial score (nSPS) is 10.5. The molecule has 6 heteroatoms. The SMILES string of the molecule is COCCNCC(=O)N(C)Cc1ccc(SC)c(OC)c1. The summed E-state index contributed by atoms with van der Waals surface area (Å²) in [7, 11) is 5.10. The van der Waals surface area contributed by atoms with E-state index in [1.54, 1.807) is 37.9 Å². The third kappa shape index (κ3) is 5.95. The highest BCUT2D eigenvalue weighted by Gasteiger charge is 2.10. The van der Waals surface area contributed by atoms with Crippen LogP contribution >= 0.6 is 11.8 Å². The van der Waals surface area contributed by atoms with Crippen molar-refractivity contribution in [3.63, 3.8) is 0 Å². The van der Waals surface area contributed by atoms with Crippen molar-refractivity contribution in [2.75, 3.05) is 47.2 Å². The number of rotatable bonds is 9. The number of nitrogens with one attached hydrogen (secondary N) is 1. The second-order valence-electron chi connectivity index (χ2n) is 4.61. The summed E-state index contributed by atoms with van der Waals surface area (Å²) in [6.45, 7) is 2.16. The molecule has 1 aromatic carbocycles. The van der Waals surface area contributed by atoms with E-state index in [9.17, 15) is 4.79 Å². The van der Waals surface area contributed by atoms with Gasteiger partial charge in [-0.25, -0.2) is 0 Å². The minimum atomic E-state index is 0.0546. The number of hydrogen-bond donors (Lipinski definition) is 1. The quantitative estimate of drug-likeness (QED) is 0.554. The molecule has 0 heterocycles. The number of nitrogens with zero attached hydrogens (tertiary/aromatic N) is 1. The van der Waals surface area contributed by atoms with Crippen LogP contribution in [0.15, 0.2) is 23.1 Å². The maximum Gasteiger partial charge on any atom is 0.236 e. The third-order valence-electron chi connectivity index (χ3n) is 3.05. The zero-order chi connectivity index (χ0) is 15.7. The molecule has 1 aromatic rings. The van der Waals surface area contributed by atoms with Crippen molar-refractivity contribution in [3.8, 4) is 5.75 Å². The van der Waals surface area contributed by atoms with E-state index in [-0.39, 0.29) is 5.91 Å². The molecular formula is C15H24N2O3S. The van der Waals surface area contributed by atoms with Gasteiger partial charge in [-0.05, 0) is 24.0 Å². The molecule has 1 rings (SSSR count). The first-order valence-corrected chi connectivity index (χ1v) is 7.99. The first-order valence-electron chi connectivity index (χ1n) is 6.77. The van der Waals surface area contributed by atoms with E-state index in [1.807, 2.05) is 24.5 Å². The van der Waals surface area contributed by atoms with E-state index in [2.05, 4.69) is 5.32 Å². The van der Waals surface area contributed by atoms with Crippen LogP contribution in [-0.2, 0) is 16.1 Å². The van der Waals surface area contributed by atoms with Gasteiger partial charge in [0.25, 0.3) is 0 Å². The molecule has 0 saturated heterocycles. The van der Waals surface area contributed by atoms with Gasteiger partial charge in [0.15, 0.2) is 0 Å². The van der Waals surface area contributed by atoms with Crippen LogP contribution in [0.2, 0.25) is 0 Å². The summed E-state index contributed by atoms with van der Waals surface area (Å²) in [5.41, 5.74) is 1.05. The Morgan fingerprint density at radius 1 is 1.38 bits per heavy atom. The zero-order valence-electron chi connectivity index (χ0n) is 13.1. The molecule has 0 bridgehead atoms. The van der Waals surface area contributed by atoms with Gasteiger partial charge in [-0.2, -0.15) is 0 Å². The Morgan fingerprint density at radius 3 is 2.76 bits per heavy atom. The lowest BCUT2D eigenvalue weighted by Crippen LogP contribution is -2.36. The van der Waals surface area contributed by atoms with E-state index >= 15 is 0 Å². The smallest absolute Gasteiger partial charge is 0.236 e. The Labute approximate surface area is 131 Å². The first-order chi connectivity index (χ1) is 10.1. The fourth-order valence-corrected chi connectivity index (χ4v) is 2.39. The van der Waals surface area contributed by atoms with Gasteiger partial charge in [0.1, 0.15) is 5.75 Å². The number of methoxy groups -OCH3 is 2. The van der Waals surface area contributed by atoms with Crippen LogP contribution in [-0.4, -0.2) is 58.0 Å². The number of hydrogen-bond acceptors (Lipinski definition) is 5. The van der Waals surface area contributed by atoms with Gasteiger partial charge in [-0.3, -0.25) is 4.79 Å². The van der Waals surface area contributed by atoms with E-state index in [1.165, 1.54) is 0 Å². The number of likely N-dealkylation sites (N-methyl/N-ethyl adjacent to an activating group) is 1. The molecule has 21 heavy (non-hydrogen) atoms. The number of amides is 1. The standard InChI is InChI=1S/C15H24N2O3S/c1-17(15(18)10-16-7-8-19-2)11-12-5-6-14(21-4)13(9-12)20-3/h5-6,9,16H,7-8,10-11H2,1-4H3. The van der Waals surface area contributed by atoms with Gasteiger partial charge in [0.2, 0.25) is 5.91 Å². The monoisotopic (exact) mass is 312 g/mol. The first kappa shape index (κ1) is 17.8. The summed E-state index contributed by atoms with van der Waals surface area (Å²) in [6.07, 6.45) is 2.01. The molecule has 0 spiro atoms. The summed E-state index contributed by atoms with van der Waals surface area (Å²) in [5.74, 6) is 0.901. The molecule has 0 radical (unpaired) electrons. The van der Waals surface area contributed by atoms with Crippen molar-refractivity contribution in [1.29, 1.82) is 0 Å². The average molecular weight is 312 g/mol. The van der Waals surface area contributed by atoms with Crippen molar-refractivity contribution in [1.82, 2.24) is 10.2 Å². The topological polar surface area (TPSA) is 50.8 Å². The lowest BCUT2D eigenvalue weighted by atomic mass is 10.2. The molecule has 0 saturated carbocycles. The summed E-state index contributed by atoms with van der Waals surface area (Å²) in [4.78, 5) is 14.8. The van der Waals surface area contributed by atoms with Crippen LogP contribution in [0.3, 0.4) is 0 Å². The van der Waals surface area contributed by atoms with Crippen LogP contribution in [0, 0.1) is 0 Å². The molecule has 0 aliphatic rings. The number of carbonyl (C=O) groups excluding carboxylic acids is 1. The second kappa shape index (κ2) is 9.65. The molecule has 0 aliphatic carbocycles. The molecule has 0 unspecified atom stereocenters. The van der Waals surface area contributed by atoms with Crippen molar-refractivity contribution >= 4 is 17.7 Å². The molecule has 0 fully saturated rings. The number of benzene rings is 1. The molecule has 0 aliphatic heterocycles. The Kier molecular flexibility index (Phi) is 8.19. The van der Waals surface area contributed by atoms with E-state index in [4.69, 9.17) is 9.47 Å². The lowest BCUT2D eigenvalue weighted by molar-refractivity contribution is -0.129. The number of ether oxygens (including phenoxy) is 2. The molecule has 1 N–H and O–H groups in total. The van der Waals surface area contributed by atoms with Crippen LogP contribution in [0.5, 0.6) is 5.75 Å². The van der Waals surface area contributed by atoms with Crippen molar-refractivity contribution in [2.45, 2.75) is 11.4 Å². The van der Waals surface area contributed by atoms with Crippen LogP contribution in [0.4, 0.5) is 0 Å². The van der Waals surface area contributed by atoms with Gasteiger partial charge in [0, 0.05) is 32.1 Å². The predicted octanol–water partition coefficient (Wildman–Crippen LogP) is 1.61. The Balaban J connectivity index is 2.53.